The predicted octanol–water partition coefficient (Wildman–Crippen LogP) is 1.73. The van der Waals surface area contributed by atoms with E-state index in [1.807, 2.05) is 0 Å². The number of hydrogen-bond acceptors (Lipinski definition) is 4. The predicted molar refractivity (Wildman–Crippen MR) is 58.3 cm³/mol. The van der Waals surface area contributed by atoms with Crippen LogP contribution in [0.3, 0.4) is 0 Å². The Balaban J connectivity index is 2.10. The van der Waals surface area contributed by atoms with Crippen molar-refractivity contribution in [2.45, 2.75) is 44.2 Å². The zero-order chi connectivity index (χ0) is 14.1. The monoisotopic (exact) mass is 277 g/mol. The summed E-state index contributed by atoms with van der Waals surface area (Å²) in [7, 11) is 0. The number of alkyl halides is 3. The summed E-state index contributed by atoms with van der Waals surface area (Å²) >= 11 is 0. The van der Waals surface area contributed by atoms with Crippen LogP contribution in [-0.2, 0) is 16.6 Å². The molecule has 0 saturated carbocycles. The Morgan fingerprint density at radius 1 is 1.47 bits per heavy atom. The van der Waals surface area contributed by atoms with Gasteiger partial charge in [0.25, 0.3) is 0 Å². The molecule has 1 aromatic heterocycles. The highest BCUT2D eigenvalue weighted by Crippen LogP contribution is 2.30. The molecule has 0 bridgehead atoms. The molecule has 1 fully saturated rings. The molecule has 1 saturated heterocycles. The van der Waals surface area contributed by atoms with Crippen molar-refractivity contribution in [2.75, 3.05) is 6.54 Å². The Hall–Kier alpha value is -1.60. The van der Waals surface area contributed by atoms with Crippen LogP contribution >= 0.6 is 0 Å². The molecule has 2 heterocycles. The minimum absolute atomic E-state index is 0.0214. The van der Waals surface area contributed by atoms with E-state index >= 15 is 0 Å². The number of nitrogens with one attached hydrogen (secondary N) is 1. The molecular weight excluding hydrogens is 263 g/mol. The van der Waals surface area contributed by atoms with Gasteiger partial charge < -0.3 is 9.84 Å². The van der Waals surface area contributed by atoms with Crippen LogP contribution in [0.1, 0.15) is 37.9 Å². The van der Waals surface area contributed by atoms with Gasteiger partial charge in [-0.25, -0.2) is 0 Å². The number of carbonyl (C=O) groups is 1. The van der Waals surface area contributed by atoms with Crippen molar-refractivity contribution in [1.29, 1.82) is 0 Å². The third-order valence-corrected chi connectivity index (χ3v) is 3.21. The molecular formula is C11H14F3N3O2. The lowest BCUT2D eigenvalue weighted by atomic mass is 9.82. The Morgan fingerprint density at radius 2 is 2.21 bits per heavy atom. The number of aryl methyl sites for hydroxylation is 1. The molecule has 1 N–H and O–H groups in total. The van der Waals surface area contributed by atoms with E-state index in [0.717, 1.165) is 6.42 Å². The summed E-state index contributed by atoms with van der Waals surface area (Å²) in [6, 6.07) is 0. The molecule has 1 unspecified atom stereocenters. The summed E-state index contributed by atoms with van der Waals surface area (Å²) in [5.41, 5.74) is -0.943. The molecule has 0 aromatic carbocycles. The summed E-state index contributed by atoms with van der Waals surface area (Å²) in [4.78, 5) is 15.7. The van der Waals surface area contributed by atoms with Gasteiger partial charge in [0.2, 0.25) is 11.8 Å². The van der Waals surface area contributed by atoms with Gasteiger partial charge in [-0.15, -0.1) is 0 Å². The van der Waals surface area contributed by atoms with E-state index in [1.54, 1.807) is 6.92 Å². The molecule has 1 atom stereocenters. The minimum atomic E-state index is -4.26. The smallest absolute Gasteiger partial charge is 0.355 e. The van der Waals surface area contributed by atoms with E-state index in [1.165, 1.54) is 0 Å². The van der Waals surface area contributed by atoms with E-state index in [4.69, 9.17) is 4.52 Å². The summed E-state index contributed by atoms with van der Waals surface area (Å²) in [5, 5.41) is 6.20. The first kappa shape index (κ1) is 13.8. The van der Waals surface area contributed by atoms with Crippen LogP contribution < -0.4 is 5.32 Å². The Kier molecular flexibility index (Phi) is 3.51. The van der Waals surface area contributed by atoms with Crippen molar-refractivity contribution in [2.24, 2.45) is 0 Å². The van der Waals surface area contributed by atoms with Crippen molar-refractivity contribution >= 4 is 5.91 Å². The number of halogens is 3. The molecule has 5 nitrogen and oxygen atoms in total. The Bertz CT molecular complexity index is 472. The van der Waals surface area contributed by atoms with Crippen LogP contribution in [0.25, 0.3) is 0 Å². The average Bonchev–Trinajstić information content (AvgIpc) is 2.79. The van der Waals surface area contributed by atoms with E-state index < -0.39 is 18.0 Å². The molecule has 0 spiro atoms. The maximum atomic E-state index is 12.1. The van der Waals surface area contributed by atoms with Gasteiger partial charge in [-0.1, -0.05) is 5.16 Å². The standard InChI is InChI=1S/C11H14F3N3O2/c1-10(4-2-6-15-8(10)18)9-16-7(17-19-9)3-5-11(12,13)14/h2-6H2,1H3,(H,15,18). The number of carbonyl (C=O) groups excluding carboxylic acids is 1. The highest BCUT2D eigenvalue weighted by atomic mass is 19.4. The fraction of sp³-hybridized carbons (Fsp3) is 0.727. The van der Waals surface area contributed by atoms with Crippen molar-refractivity contribution < 1.29 is 22.5 Å². The molecule has 19 heavy (non-hydrogen) atoms. The first-order valence-corrected chi connectivity index (χ1v) is 5.99. The highest BCUT2D eigenvalue weighted by molar-refractivity contribution is 5.87. The molecule has 0 radical (unpaired) electrons. The lowest BCUT2D eigenvalue weighted by Gasteiger charge is -2.28. The third-order valence-electron chi connectivity index (χ3n) is 3.21. The van der Waals surface area contributed by atoms with Crippen molar-refractivity contribution in [3.63, 3.8) is 0 Å². The summed E-state index contributed by atoms with van der Waals surface area (Å²) < 4.78 is 41.2. The first-order valence-electron chi connectivity index (χ1n) is 5.99. The SMILES string of the molecule is CC1(c2nc(CCC(F)(F)F)no2)CCCNC1=O. The quantitative estimate of drug-likeness (QED) is 0.913. The van der Waals surface area contributed by atoms with Gasteiger partial charge in [-0.2, -0.15) is 18.2 Å². The number of rotatable bonds is 3. The maximum absolute atomic E-state index is 12.1. The zero-order valence-electron chi connectivity index (χ0n) is 10.4. The van der Waals surface area contributed by atoms with Gasteiger partial charge in [0.1, 0.15) is 5.41 Å². The normalized spacial score (nSPS) is 24.3. The number of hydrogen-bond donors (Lipinski definition) is 1. The summed E-state index contributed by atoms with van der Waals surface area (Å²) in [5.74, 6) is -0.168. The molecule has 106 valence electrons. The second kappa shape index (κ2) is 4.82. The van der Waals surface area contributed by atoms with Crippen molar-refractivity contribution in [3.8, 4) is 0 Å². The number of nitrogens with zero attached hydrogens (tertiary/aromatic N) is 2. The van der Waals surface area contributed by atoms with E-state index in [9.17, 15) is 18.0 Å². The fourth-order valence-electron chi connectivity index (χ4n) is 1.99. The Morgan fingerprint density at radius 3 is 2.84 bits per heavy atom. The highest BCUT2D eigenvalue weighted by Gasteiger charge is 2.42. The lowest BCUT2D eigenvalue weighted by Crippen LogP contribution is -2.47. The molecule has 0 aliphatic carbocycles. The van der Waals surface area contributed by atoms with E-state index in [-0.39, 0.29) is 24.0 Å². The first-order chi connectivity index (χ1) is 8.81. The Labute approximate surface area is 107 Å². The topological polar surface area (TPSA) is 68.0 Å². The van der Waals surface area contributed by atoms with Gasteiger partial charge >= 0.3 is 6.18 Å². The van der Waals surface area contributed by atoms with Crippen LogP contribution in [0, 0.1) is 0 Å². The van der Waals surface area contributed by atoms with Gasteiger partial charge in [-0.05, 0) is 19.8 Å². The van der Waals surface area contributed by atoms with Crippen LogP contribution in [0.5, 0.6) is 0 Å². The largest absolute Gasteiger partial charge is 0.389 e. The van der Waals surface area contributed by atoms with Gasteiger partial charge in [0.15, 0.2) is 5.82 Å². The third kappa shape index (κ3) is 3.05. The number of aromatic nitrogens is 2. The van der Waals surface area contributed by atoms with E-state index in [0.29, 0.717) is 13.0 Å². The molecule has 1 aliphatic heterocycles. The number of piperidine rings is 1. The average molecular weight is 277 g/mol. The zero-order valence-corrected chi connectivity index (χ0v) is 10.4. The van der Waals surface area contributed by atoms with Gasteiger partial charge in [-0.3, -0.25) is 4.79 Å². The lowest BCUT2D eigenvalue weighted by molar-refractivity contribution is -0.134. The van der Waals surface area contributed by atoms with Crippen molar-refractivity contribution in [1.82, 2.24) is 15.5 Å². The molecule has 1 aromatic rings. The van der Waals surface area contributed by atoms with Gasteiger partial charge in [0.05, 0.1) is 6.42 Å². The summed E-state index contributed by atoms with van der Waals surface area (Å²) in [6.45, 7) is 2.24. The maximum Gasteiger partial charge on any atom is 0.389 e. The molecule has 1 aliphatic rings. The van der Waals surface area contributed by atoms with Crippen molar-refractivity contribution in [3.05, 3.63) is 11.7 Å². The molecule has 8 heteroatoms. The van der Waals surface area contributed by atoms with E-state index in [2.05, 4.69) is 15.5 Å². The van der Waals surface area contributed by atoms with Crippen LogP contribution in [-0.4, -0.2) is 28.8 Å². The fourth-order valence-corrected chi connectivity index (χ4v) is 1.99. The molecule has 1 amide bonds. The second-order valence-corrected chi connectivity index (χ2v) is 4.82. The summed E-state index contributed by atoms with van der Waals surface area (Å²) in [6.07, 6.45) is -4.30. The van der Waals surface area contributed by atoms with Gasteiger partial charge in [0, 0.05) is 13.0 Å². The molecule has 2 rings (SSSR count). The second-order valence-electron chi connectivity index (χ2n) is 4.82. The van der Waals surface area contributed by atoms with Crippen LogP contribution in [0.15, 0.2) is 4.52 Å². The number of amides is 1. The minimum Gasteiger partial charge on any atom is -0.355 e. The van der Waals surface area contributed by atoms with Crippen LogP contribution in [0.4, 0.5) is 13.2 Å². The van der Waals surface area contributed by atoms with Crippen LogP contribution in [0.2, 0.25) is 0 Å².